The number of aryl methyl sites for hydroxylation is 1. The van der Waals surface area contributed by atoms with E-state index in [4.69, 9.17) is 4.18 Å². The molecule has 2 aromatic carbocycles. The molecule has 10 rings (SSSR count). The van der Waals surface area contributed by atoms with Gasteiger partial charge in [-0.15, -0.1) is 0 Å². The van der Waals surface area contributed by atoms with Crippen molar-refractivity contribution < 1.29 is 31.2 Å². The Balaban J connectivity index is 0.000000254. The maximum absolute atomic E-state index is 13.1. The molecule has 6 fully saturated rings. The molecule has 2 N–H and O–H groups in total. The van der Waals surface area contributed by atoms with Gasteiger partial charge in [0.1, 0.15) is 0 Å². The van der Waals surface area contributed by atoms with Crippen LogP contribution in [0.1, 0.15) is 193 Å². The number of hydrogen-bond acceptors (Lipinski definition) is 7. The van der Waals surface area contributed by atoms with Crippen LogP contribution in [-0.2, 0) is 24.1 Å². The number of hydrogen-bond donors (Lipinski definition) is 2. The third-order valence-corrected chi connectivity index (χ3v) is 24.9. The monoisotopic (exact) mass is 1030 g/mol. The van der Waals surface area contributed by atoms with E-state index >= 15 is 0 Å². The van der Waals surface area contributed by atoms with Crippen LogP contribution in [0.5, 0.6) is 0 Å². The molecule has 0 unspecified atom stereocenters. The zero-order valence-electron chi connectivity index (χ0n) is 43.1. The first-order valence-corrected chi connectivity index (χ1v) is 30.0. The van der Waals surface area contributed by atoms with Crippen LogP contribution in [-0.4, -0.2) is 50.6 Å². The summed E-state index contributed by atoms with van der Waals surface area (Å²) in [4.78, 5) is 0.710. The van der Waals surface area contributed by atoms with Crippen LogP contribution < -0.4 is 0 Å². The number of fused-ring (bicyclic) bond motifs is 10. The van der Waals surface area contributed by atoms with Gasteiger partial charge in [-0.1, -0.05) is 130 Å². The molecule has 0 aromatic heterocycles. The highest BCUT2D eigenvalue weighted by Gasteiger charge is 2.62. The van der Waals surface area contributed by atoms with Crippen molar-refractivity contribution in [1.29, 1.82) is 0 Å². The van der Waals surface area contributed by atoms with Crippen LogP contribution >= 0.6 is 0 Å². The van der Waals surface area contributed by atoms with Gasteiger partial charge in [-0.3, -0.25) is 4.18 Å². The predicted octanol–water partition coefficient (Wildman–Crippen LogP) is 15.6. The molecule has 16 atom stereocenters. The normalized spacial score (nSPS) is 40.4. The molecule has 0 saturated heterocycles. The lowest BCUT2D eigenvalue weighted by Crippen LogP contribution is -2.52. The predicted molar refractivity (Wildman–Crippen MR) is 300 cm³/mol. The second-order valence-corrected chi connectivity index (χ2v) is 29.6. The van der Waals surface area contributed by atoms with E-state index in [0.717, 1.165) is 63.4 Å². The summed E-state index contributed by atoms with van der Waals surface area (Å²) >= 11 is 0. The fourth-order valence-corrected chi connectivity index (χ4v) is 20.5. The van der Waals surface area contributed by atoms with E-state index in [0.29, 0.717) is 52.2 Å². The highest BCUT2D eigenvalue weighted by Crippen LogP contribution is 2.69. The lowest BCUT2D eigenvalue weighted by molar-refractivity contribution is -0.0717. The van der Waals surface area contributed by atoms with Gasteiger partial charge in [0, 0.05) is 0 Å². The fourth-order valence-electron chi connectivity index (χ4n) is 17.8. The van der Waals surface area contributed by atoms with E-state index in [2.05, 4.69) is 53.7 Å². The Bertz CT molecular complexity index is 2460. The molecule has 0 spiro atoms. The van der Waals surface area contributed by atoms with Crippen molar-refractivity contribution in [3.63, 3.8) is 0 Å². The van der Waals surface area contributed by atoms with Crippen LogP contribution in [0.2, 0.25) is 0 Å². The van der Waals surface area contributed by atoms with Crippen LogP contribution in [0.25, 0.3) is 0 Å². The quantitative estimate of drug-likeness (QED) is 0.190. The Labute approximate surface area is 441 Å². The average molecular weight is 1040 g/mol. The van der Waals surface area contributed by atoms with Crippen molar-refractivity contribution in [1.82, 2.24) is 0 Å². The van der Waals surface area contributed by atoms with Crippen LogP contribution in [0, 0.1) is 87.8 Å². The molecule has 0 radical (unpaired) electrons. The summed E-state index contributed by atoms with van der Waals surface area (Å²) in [5.41, 5.74) is 3.95. The zero-order valence-corrected chi connectivity index (χ0v) is 44.7. The van der Waals surface area contributed by atoms with E-state index in [1.807, 2.05) is 51.1 Å². The van der Waals surface area contributed by atoms with Crippen LogP contribution in [0.4, 0.5) is 0 Å². The Kier molecular flexibility index (Phi) is 18.2. The molecule has 0 heterocycles. The summed E-state index contributed by atoms with van der Waals surface area (Å²) in [7, 11) is -6.98. The molecule has 6 saturated carbocycles. The second-order valence-electron chi connectivity index (χ2n) is 25.9. The Morgan fingerprint density at radius 1 is 0.556 bits per heavy atom. The minimum absolute atomic E-state index is 0. The van der Waals surface area contributed by atoms with Crippen molar-refractivity contribution >= 4 is 20.0 Å². The summed E-state index contributed by atoms with van der Waals surface area (Å²) in [6, 6.07) is 15.9. The highest BCUT2D eigenvalue weighted by atomic mass is 32.2. The molecular formula is C63H102O7S2. The van der Waals surface area contributed by atoms with Gasteiger partial charge < -0.3 is 10.2 Å². The van der Waals surface area contributed by atoms with Crippen molar-refractivity contribution in [3.05, 3.63) is 83.5 Å². The average Bonchev–Trinajstić information content (AvgIpc) is 3.83. The first-order chi connectivity index (χ1) is 31.8. The molecule has 0 aliphatic heterocycles. The zero-order chi connectivity index (χ0) is 48.9. The van der Waals surface area contributed by atoms with Gasteiger partial charge >= 0.3 is 0 Å². The number of benzene rings is 2. The fraction of sp³-hybridized carbons (Fsp3) is 0.746. The summed E-state index contributed by atoms with van der Waals surface area (Å²) in [5.74, 6) is 5.85. The molecule has 408 valence electrons. The molecular weight excluding hydrogens is 933 g/mol. The minimum Gasteiger partial charge on any atom is -0.390 e. The number of aliphatic hydroxyl groups is 2. The van der Waals surface area contributed by atoms with E-state index in [1.54, 1.807) is 24.3 Å². The van der Waals surface area contributed by atoms with Crippen molar-refractivity contribution in [2.45, 2.75) is 216 Å². The molecule has 9 heteroatoms. The van der Waals surface area contributed by atoms with E-state index in [9.17, 15) is 27.0 Å². The van der Waals surface area contributed by atoms with E-state index < -0.39 is 31.2 Å². The van der Waals surface area contributed by atoms with E-state index in [1.165, 1.54) is 56.1 Å². The van der Waals surface area contributed by atoms with Gasteiger partial charge in [0.05, 0.1) is 33.4 Å². The van der Waals surface area contributed by atoms with Gasteiger partial charge in [0.2, 0.25) is 0 Å². The molecule has 8 aliphatic carbocycles. The largest absolute Gasteiger partial charge is 0.390 e. The van der Waals surface area contributed by atoms with Gasteiger partial charge in [-0.05, 0) is 229 Å². The van der Waals surface area contributed by atoms with Crippen molar-refractivity contribution in [2.24, 2.45) is 80.8 Å². The number of sulfone groups is 1. The standard InChI is InChI=1S/C30H44O4S.C29H42O3S.4CH4/c1-20-6-9-23(10-7-20)35(32,33)34-19-21(2)25-12-13-26-24-11-8-22-18-28(3,31)16-17-29(22,4)27(24)14-15-30(25,26)5;1-20(19-33(31,32)22-8-6-5-7-9-22)24-12-13-25-23-11-10-21-18-27(2,30)16-17-28(21,3)26(23)14-15-29(24,25)4;;;;/h6-10,21,24-27,31H,11-19H2,1-5H3;5-10,20,23-26,30H,11-19H2,1-4H3;4*1H4/t21-,24+,25-,26+,27+,28+,29+,30-;20-,23+,24-,25+,26+,27+,28+,29-;;;;/m11..../s1. The van der Waals surface area contributed by atoms with Crippen LogP contribution in [0.3, 0.4) is 0 Å². The van der Waals surface area contributed by atoms with Crippen molar-refractivity contribution in [3.8, 4) is 0 Å². The van der Waals surface area contributed by atoms with Crippen molar-refractivity contribution in [2.75, 3.05) is 12.4 Å². The third kappa shape index (κ3) is 10.8. The van der Waals surface area contributed by atoms with Gasteiger partial charge in [0.15, 0.2) is 9.84 Å². The first kappa shape index (κ1) is 60.6. The Hall–Kier alpha value is -2.30. The SMILES string of the molecule is C.C.C.C.C[C@H](CS(=O)(=O)c1ccccc1)[C@H]1CC[C@H]2[C@@H]3CC=C4C[C@@](C)(O)CC[C@]4(C)[C@H]3CC[C@]12C.Cc1ccc(S(=O)(=O)OC[C@@H](C)[C@H]2CC[C@H]3[C@@H]4CC=C5C[C@@](C)(O)CC[C@]5(C)[C@H]4CC[C@]23C)cc1. The lowest BCUT2D eigenvalue weighted by atomic mass is 9.46. The Morgan fingerprint density at radius 2 is 1.00 bits per heavy atom. The maximum Gasteiger partial charge on any atom is 0.296 e. The molecule has 8 aliphatic rings. The highest BCUT2D eigenvalue weighted by molar-refractivity contribution is 7.91. The summed E-state index contributed by atoms with van der Waals surface area (Å²) in [5, 5.41) is 21.4. The maximum atomic E-state index is 13.1. The Morgan fingerprint density at radius 3 is 1.46 bits per heavy atom. The number of allylic oxidation sites excluding steroid dienone is 2. The smallest absolute Gasteiger partial charge is 0.296 e. The molecule has 72 heavy (non-hydrogen) atoms. The minimum atomic E-state index is -3.73. The summed E-state index contributed by atoms with van der Waals surface area (Å²) < 4.78 is 57.4. The van der Waals surface area contributed by atoms with E-state index in [-0.39, 0.29) is 80.5 Å². The number of rotatable bonds is 9. The summed E-state index contributed by atoms with van der Waals surface area (Å²) in [6.45, 7) is 20.5. The molecule has 7 nitrogen and oxygen atoms in total. The van der Waals surface area contributed by atoms with Gasteiger partial charge in [-0.25, -0.2) is 8.42 Å². The first-order valence-electron chi connectivity index (χ1n) is 26.9. The summed E-state index contributed by atoms with van der Waals surface area (Å²) in [6.07, 6.45) is 22.7. The lowest BCUT2D eigenvalue weighted by Gasteiger charge is -2.59. The molecule has 0 amide bonds. The van der Waals surface area contributed by atoms with Crippen LogP contribution in [0.15, 0.2) is 87.7 Å². The van der Waals surface area contributed by atoms with Gasteiger partial charge in [-0.2, -0.15) is 8.42 Å². The van der Waals surface area contributed by atoms with Gasteiger partial charge in [0.25, 0.3) is 10.1 Å². The second kappa shape index (κ2) is 21.6. The molecule has 2 aromatic rings. The molecule has 0 bridgehead atoms. The topological polar surface area (TPSA) is 118 Å². The third-order valence-electron chi connectivity index (χ3n) is 21.7.